The molecule has 0 aliphatic carbocycles. The second-order valence-electron chi connectivity index (χ2n) is 4.48. The fourth-order valence-corrected chi connectivity index (χ4v) is 1.89. The van der Waals surface area contributed by atoms with Crippen molar-refractivity contribution in [3.05, 3.63) is 23.8 Å². The number of anilines is 1. The summed E-state index contributed by atoms with van der Waals surface area (Å²) in [5.74, 6) is 0.0122. The van der Waals surface area contributed by atoms with Gasteiger partial charge in [0.25, 0.3) is 0 Å². The van der Waals surface area contributed by atoms with Crippen LogP contribution in [0.5, 0.6) is 5.75 Å². The number of hydrogen-bond acceptors (Lipinski definition) is 4. The molecule has 0 amide bonds. The van der Waals surface area contributed by atoms with Crippen LogP contribution in [0.25, 0.3) is 0 Å². The molecule has 0 aromatic heterocycles. The molecular weight excluding hydrogens is 242 g/mol. The molecule has 0 aliphatic rings. The fourth-order valence-electron chi connectivity index (χ4n) is 1.89. The molecule has 2 N–H and O–H groups in total. The number of benzene rings is 1. The van der Waals surface area contributed by atoms with Crippen LogP contribution >= 0.6 is 0 Å². The molecule has 0 saturated heterocycles. The van der Waals surface area contributed by atoms with Gasteiger partial charge in [0, 0.05) is 0 Å². The normalized spacial score (nSPS) is 10.2. The molecule has 0 heterocycles. The number of nitrogens with two attached hydrogens (primary N) is 1. The number of nitrogen functional groups attached to an aromatic ring is 1. The second kappa shape index (κ2) is 8.40. The van der Waals surface area contributed by atoms with E-state index in [0.717, 1.165) is 12.8 Å². The minimum Gasteiger partial charge on any atom is -0.494 e. The number of methoxy groups -OCH3 is 1. The van der Waals surface area contributed by atoms with Crippen LogP contribution in [-0.4, -0.2) is 19.7 Å². The number of carbonyl (C=O) groups excluding carboxylic acids is 1. The number of hydrogen-bond donors (Lipinski definition) is 1. The van der Waals surface area contributed by atoms with E-state index in [4.69, 9.17) is 15.2 Å². The first-order chi connectivity index (χ1) is 9.20. The summed E-state index contributed by atoms with van der Waals surface area (Å²) in [5, 5.41) is 0. The van der Waals surface area contributed by atoms with Crippen LogP contribution in [-0.2, 0) is 4.74 Å². The van der Waals surface area contributed by atoms with Gasteiger partial charge in [0.2, 0.25) is 0 Å². The Kier molecular flexibility index (Phi) is 6.79. The molecule has 0 unspecified atom stereocenters. The number of carbonyl (C=O) groups is 1. The van der Waals surface area contributed by atoms with Gasteiger partial charge in [-0.1, -0.05) is 38.7 Å². The SMILES string of the molecule is CCCCCCCOC(=O)c1cccc(N)c1OC. The van der Waals surface area contributed by atoms with Gasteiger partial charge in [-0.2, -0.15) is 0 Å². The minimum absolute atomic E-state index is 0.375. The monoisotopic (exact) mass is 265 g/mol. The molecule has 0 aliphatic heterocycles. The zero-order valence-electron chi connectivity index (χ0n) is 11.8. The molecule has 4 nitrogen and oxygen atoms in total. The zero-order valence-corrected chi connectivity index (χ0v) is 11.8. The molecule has 0 radical (unpaired) electrons. The molecule has 106 valence electrons. The van der Waals surface area contributed by atoms with E-state index in [1.54, 1.807) is 18.2 Å². The first kappa shape index (κ1) is 15.3. The summed E-state index contributed by atoms with van der Waals surface area (Å²) in [6, 6.07) is 5.07. The predicted octanol–water partition coefficient (Wildman–Crippen LogP) is 3.40. The number of unbranched alkanes of at least 4 members (excludes halogenated alkanes) is 4. The van der Waals surface area contributed by atoms with Gasteiger partial charge in [-0.3, -0.25) is 0 Å². The first-order valence-corrected chi connectivity index (χ1v) is 6.80. The largest absolute Gasteiger partial charge is 0.494 e. The zero-order chi connectivity index (χ0) is 14.1. The highest BCUT2D eigenvalue weighted by Gasteiger charge is 2.15. The summed E-state index contributed by atoms with van der Waals surface area (Å²) < 4.78 is 10.4. The molecule has 1 rings (SSSR count). The van der Waals surface area contributed by atoms with Crippen molar-refractivity contribution in [1.29, 1.82) is 0 Å². The summed E-state index contributed by atoms with van der Waals surface area (Å²) in [7, 11) is 1.49. The Morgan fingerprint density at radius 3 is 2.63 bits per heavy atom. The Morgan fingerprint density at radius 1 is 1.21 bits per heavy atom. The third-order valence-electron chi connectivity index (χ3n) is 2.95. The van der Waals surface area contributed by atoms with Gasteiger partial charge in [-0.05, 0) is 18.6 Å². The van der Waals surface area contributed by atoms with Gasteiger partial charge in [-0.15, -0.1) is 0 Å². The predicted molar refractivity (Wildman–Crippen MR) is 76.4 cm³/mol. The molecule has 1 aromatic carbocycles. The van der Waals surface area contributed by atoms with Crippen molar-refractivity contribution in [3.63, 3.8) is 0 Å². The first-order valence-electron chi connectivity index (χ1n) is 6.80. The average Bonchev–Trinajstić information content (AvgIpc) is 2.42. The lowest BCUT2D eigenvalue weighted by molar-refractivity contribution is 0.0494. The molecule has 1 aromatic rings. The van der Waals surface area contributed by atoms with Gasteiger partial charge in [-0.25, -0.2) is 4.79 Å². The average molecular weight is 265 g/mol. The lowest BCUT2D eigenvalue weighted by Gasteiger charge is -2.10. The van der Waals surface area contributed by atoms with Crippen molar-refractivity contribution in [2.45, 2.75) is 39.0 Å². The molecule has 0 fully saturated rings. The van der Waals surface area contributed by atoms with Crippen LogP contribution in [0, 0.1) is 0 Å². The minimum atomic E-state index is -0.375. The Labute approximate surface area is 114 Å². The molecule has 19 heavy (non-hydrogen) atoms. The van der Waals surface area contributed by atoms with E-state index >= 15 is 0 Å². The van der Waals surface area contributed by atoms with Gasteiger partial charge in [0.15, 0.2) is 5.75 Å². The van der Waals surface area contributed by atoms with E-state index in [1.165, 1.54) is 26.4 Å². The van der Waals surface area contributed by atoms with Crippen LogP contribution in [0.1, 0.15) is 49.4 Å². The van der Waals surface area contributed by atoms with Crippen molar-refractivity contribution in [2.75, 3.05) is 19.5 Å². The summed E-state index contributed by atoms with van der Waals surface area (Å²) >= 11 is 0. The van der Waals surface area contributed by atoms with Crippen LogP contribution < -0.4 is 10.5 Å². The maximum absolute atomic E-state index is 11.9. The van der Waals surface area contributed by atoms with Crippen LogP contribution in [0.2, 0.25) is 0 Å². The second-order valence-corrected chi connectivity index (χ2v) is 4.48. The van der Waals surface area contributed by atoms with Gasteiger partial charge < -0.3 is 15.2 Å². The van der Waals surface area contributed by atoms with E-state index < -0.39 is 0 Å². The highest BCUT2D eigenvalue weighted by Crippen LogP contribution is 2.26. The smallest absolute Gasteiger partial charge is 0.342 e. The number of rotatable bonds is 8. The highest BCUT2D eigenvalue weighted by atomic mass is 16.5. The van der Waals surface area contributed by atoms with Crippen molar-refractivity contribution >= 4 is 11.7 Å². The summed E-state index contributed by atoms with van der Waals surface area (Å²) in [6.07, 6.45) is 5.62. The number of esters is 1. The number of para-hydroxylation sites is 1. The van der Waals surface area contributed by atoms with Crippen molar-refractivity contribution in [2.24, 2.45) is 0 Å². The van der Waals surface area contributed by atoms with E-state index in [0.29, 0.717) is 23.6 Å². The molecular formula is C15H23NO3. The molecule has 0 atom stereocenters. The van der Waals surface area contributed by atoms with E-state index in [-0.39, 0.29) is 5.97 Å². The molecule has 0 bridgehead atoms. The maximum Gasteiger partial charge on any atom is 0.342 e. The summed E-state index contributed by atoms with van der Waals surface area (Å²) in [4.78, 5) is 11.9. The lowest BCUT2D eigenvalue weighted by Crippen LogP contribution is -2.09. The standard InChI is InChI=1S/C15H23NO3/c1-3-4-5-6-7-11-19-15(17)12-9-8-10-13(16)14(12)18-2/h8-10H,3-7,11,16H2,1-2H3. The lowest BCUT2D eigenvalue weighted by atomic mass is 10.1. The van der Waals surface area contributed by atoms with Crippen LogP contribution in [0.15, 0.2) is 18.2 Å². The third kappa shape index (κ3) is 4.81. The topological polar surface area (TPSA) is 61.5 Å². The summed E-state index contributed by atoms with van der Waals surface area (Å²) in [6.45, 7) is 2.62. The molecule has 0 saturated carbocycles. The van der Waals surface area contributed by atoms with E-state index in [9.17, 15) is 4.79 Å². The highest BCUT2D eigenvalue weighted by molar-refractivity contribution is 5.94. The maximum atomic E-state index is 11.9. The van der Waals surface area contributed by atoms with Gasteiger partial charge >= 0.3 is 5.97 Å². The van der Waals surface area contributed by atoms with Crippen molar-refractivity contribution < 1.29 is 14.3 Å². The summed E-state index contributed by atoms with van der Waals surface area (Å²) in [5.41, 5.74) is 6.58. The fraction of sp³-hybridized carbons (Fsp3) is 0.533. The number of ether oxygens (including phenoxy) is 2. The van der Waals surface area contributed by atoms with E-state index in [2.05, 4.69) is 6.92 Å². The van der Waals surface area contributed by atoms with Crippen LogP contribution in [0.4, 0.5) is 5.69 Å². The van der Waals surface area contributed by atoms with Crippen molar-refractivity contribution in [1.82, 2.24) is 0 Å². The van der Waals surface area contributed by atoms with Crippen LogP contribution in [0.3, 0.4) is 0 Å². The van der Waals surface area contributed by atoms with Gasteiger partial charge in [0.05, 0.1) is 19.4 Å². The Morgan fingerprint density at radius 2 is 1.95 bits per heavy atom. The Bertz CT molecular complexity index is 404. The van der Waals surface area contributed by atoms with E-state index in [1.807, 2.05) is 0 Å². The Hall–Kier alpha value is -1.71. The quantitative estimate of drug-likeness (QED) is 0.444. The third-order valence-corrected chi connectivity index (χ3v) is 2.95. The Balaban J connectivity index is 2.43. The molecule has 0 spiro atoms. The molecule has 4 heteroatoms. The van der Waals surface area contributed by atoms with Gasteiger partial charge in [0.1, 0.15) is 5.56 Å². The van der Waals surface area contributed by atoms with Crippen molar-refractivity contribution in [3.8, 4) is 5.75 Å².